The summed E-state index contributed by atoms with van der Waals surface area (Å²) in [5.41, 5.74) is 1.23. The van der Waals surface area contributed by atoms with E-state index >= 15 is 0 Å². The van der Waals surface area contributed by atoms with Gasteiger partial charge in [0.15, 0.2) is 6.10 Å². The Morgan fingerprint density at radius 2 is 1.62 bits per heavy atom. The van der Waals surface area contributed by atoms with Crippen LogP contribution in [0.2, 0.25) is 10.0 Å². The third-order valence-electron chi connectivity index (χ3n) is 3.85. The van der Waals surface area contributed by atoms with E-state index in [0.717, 1.165) is 0 Å². The molecule has 0 aliphatic heterocycles. The van der Waals surface area contributed by atoms with Crippen molar-refractivity contribution in [1.29, 1.82) is 0 Å². The Kier molecular flexibility index (Phi) is 7.45. The Hall–Kier alpha value is -2.08. The molecule has 0 unspecified atom stereocenters. The van der Waals surface area contributed by atoms with Crippen LogP contribution in [0.1, 0.15) is 17.2 Å². The molecule has 0 radical (unpaired) electrons. The van der Waals surface area contributed by atoms with Gasteiger partial charge in [0.2, 0.25) is 0 Å². The fourth-order valence-corrected chi connectivity index (χ4v) is 3.09. The average Bonchev–Trinajstić information content (AvgIpc) is 2.64. The first kappa shape index (κ1) is 20.2. The highest BCUT2D eigenvalue weighted by molar-refractivity contribution is 6.36. The smallest absolute Gasteiger partial charge is 0.328 e. The number of carbonyl (C=O) groups is 2. The van der Waals surface area contributed by atoms with Crippen molar-refractivity contribution in [2.24, 2.45) is 0 Å². The molecule has 138 valence electrons. The van der Waals surface area contributed by atoms with Crippen LogP contribution < -0.4 is 5.32 Å². The van der Waals surface area contributed by atoms with Crippen molar-refractivity contribution in [3.05, 3.63) is 69.7 Å². The van der Waals surface area contributed by atoms with Gasteiger partial charge in [-0.1, -0.05) is 59.6 Å². The fraction of sp³-hybridized carbons (Fsp3) is 0.263. The normalized spacial score (nSPS) is 12.9. The molecule has 0 saturated heterocycles. The zero-order valence-corrected chi connectivity index (χ0v) is 15.9. The molecule has 7 heteroatoms. The molecule has 2 atom stereocenters. The number of amides is 1. The molecule has 0 fully saturated rings. The van der Waals surface area contributed by atoms with Crippen LogP contribution in [0, 0.1) is 0 Å². The second kappa shape index (κ2) is 9.57. The molecule has 0 spiro atoms. The molecule has 2 aromatic rings. The van der Waals surface area contributed by atoms with E-state index < -0.39 is 24.0 Å². The zero-order chi connectivity index (χ0) is 19.1. The molecule has 0 saturated carbocycles. The molecule has 1 amide bonds. The molecular formula is C19H19Cl2NO4. The van der Waals surface area contributed by atoms with E-state index in [-0.39, 0.29) is 6.42 Å². The highest BCUT2D eigenvalue weighted by Crippen LogP contribution is 2.26. The predicted molar refractivity (Wildman–Crippen MR) is 100 cm³/mol. The molecule has 0 bridgehead atoms. The third-order valence-corrected chi connectivity index (χ3v) is 4.56. The monoisotopic (exact) mass is 395 g/mol. The van der Waals surface area contributed by atoms with Crippen molar-refractivity contribution in [2.45, 2.75) is 18.6 Å². The summed E-state index contributed by atoms with van der Waals surface area (Å²) in [5.74, 6) is -1.06. The van der Waals surface area contributed by atoms with Crippen LogP contribution in [0.15, 0.2) is 48.5 Å². The van der Waals surface area contributed by atoms with Crippen LogP contribution in [-0.4, -0.2) is 32.1 Å². The maximum Gasteiger partial charge on any atom is 0.328 e. The van der Waals surface area contributed by atoms with Gasteiger partial charge in [0.05, 0.1) is 7.11 Å². The van der Waals surface area contributed by atoms with Crippen LogP contribution in [0.5, 0.6) is 0 Å². The van der Waals surface area contributed by atoms with Crippen LogP contribution in [0.25, 0.3) is 0 Å². The SMILES string of the molecule is COC(=O)[C@@H](Cc1c(Cl)cccc1Cl)NC(=O)[C@@H](OC)c1ccccc1. The summed E-state index contributed by atoms with van der Waals surface area (Å²) in [6, 6.07) is 13.1. The Labute approximate surface area is 162 Å². The second-order valence-electron chi connectivity index (χ2n) is 5.52. The number of benzene rings is 2. The Balaban J connectivity index is 2.22. The lowest BCUT2D eigenvalue weighted by molar-refractivity contribution is -0.146. The van der Waals surface area contributed by atoms with E-state index in [4.69, 9.17) is 32.7 Å². The number of hydrogen-bond acceptors (Lipinski definition) is 4. The standard InChI is InChI=1S/C19H19Cl2NO4/c1-25-17(12-7-4-3-5-8-12)18(23)22-16(19(24)26-2)11-13-14(20)9-6-10-15(13)21/h3-10,16-17H,11H2,1-2H3,(H,22,23)/t16-,17+/m1/s1. The molecule has 0 aromatic heterocycles. The quantitative estimate of drug-likeness (QED) is 0.727. The number of esters is 1. The highest BCUT2D eigenvalue weighted by Gasteiger charge is 2.28. The number of carbonyl (C=O) groups excluding carboxylic acids is 2. The van der Waals surface area contributed by atoms with Crippen molar-refractivity contribution < 1.29 is 19.1 Å². The summed E-state index contributed by atoms with van der Waals surface area (Å²) in [6.07, 6.45) is -0.757. The van der Waals surface area contributed by atoms with E-state index in [9.17, 15) is 9.59 Å². The van der Waals surface area contributed by atoms with Gasteiger partial charge in [-0.2, -0.15) is 0 Å². The average molecular weight is 396 g/mol. The van der Waals surface area contributed by atoms with Gasteiger partial charge < -0.3 is 14.8 Å². The van der Waals surface area contributed by atoms with Gasteiger partial charge in [0, 0.05) is 23.6 Å². The molecule has 5 nitrogen and oxygen atoms in total. The van der Waals surface area contributed by atoms with Gasteiger partial charge in [-0.15, -0.1) is 0 Å². The molecule has 26 heavy (non-hydrogen) atoms. The lowest BCUT2D eigenvalue weighted by Crippen LogP contribution is -2.45. The zero-order valence-electron chi connectivity index (χ0n) is 14.4. The van der Waals surface area contributed by atoms with E-state index in [2.05, 4.69) is 5.32 Å². The summed E-state index contributed by atoms with van der Waals surface area (Å²) < 4.78 is 10.1. The van der Waals surface area contributed by atoms with Crippen LogP contribution in [0.4, 0.5) is 0 Å². The van der Waals surface area contributed by atoms with Crippen molar-refractivity contribution in [3.8, 4) is 0 Å². The fourth-order valence-electron chi connectivity index (χ4n) is 2.54. The summed E-state index contributed by atoms with van der Waals surface area (Å²) in [5, 5.41) is 3.48. The molecule has 0 aliphatic rings. The molecule has 0 aliphatic carbocycles. The van der Waals surface area contributed by atoms with Gasteiger partial charge >= 0.3 is 5.97 Å². The number of ether oxygens (including phenoxy) is 2. The van der Waals surface area contributed by atoms with Crippen LogP contribution in [-0.2, 0) is 25.5 Å². The highest BCUT2D eigenvalue weighted by atomic mass is 35.5. The summed E-state index contributed by atoms with van der Waals surface area (Å²) in [6.45, 7) is 0. The van der Waals surface area contributed by atoms with Crippen molar-refractivity contribution in [1.82, 2.24) is 5.32 Å². The maximum absolute atomic E-state index is 12.7. The van der Waals surface area contributed by atoms with E-state index in [1.165, 1.54) is 14.2 Å². The molecule has 0 heterocycles. The largest absolute Gasteiger partial charge is 0.467 e. The van der Waals surface area contributed by atoms with Gasteiger partial charge in [0.1, 0.15) is 6.04 Å². The first-order chi connectivity index (χ1) is 12.5. The molecule has 1 N–H and O–H groups in total. The second-order valence-corrected chi connectivity index (χ2v) is 6.33. The van der Waals surface area contributed by atoms with Gasteiger partial charge in [-0.05, 0) is 23.3 Å². The van der Waals surface area contributed by atoms with Crippen molar-refractivity contribution in [2.75, 3.05) is 14.2 Å². The third kappa shape index (κ3) is 4.97. The lowest BCUT2D eigenvalue weighted by Gasteiger charge is -2.21. The van der Waals surface area contributed by atoms with Crippen LogP contribution in [0.3, 0.4) is 0 Å². The van der Waals surface area contributed by atoms with E-state index in [0.29, 0.717) is 21.2 Å². The van der Waals surface area contributed by atoms with Crippen molar-refractivity contribution in [3.63, 3.8) is 0 Å². The number of methoxy groups -OCH3 is 2. The van der Waals surface area contributed by atoms with Gasteiger partial charge in [0.25, 0.3) is 5.91 Å². The predicted octanol–water partition coefficient (Wildman–Crippen LogP) is 3.58. The molecule has 2 rings (SSSR count). The Bertz CT molecular complexity index is 747. The first-order valence-corrected chi connectivity index (χ1v) is 8.62. The molecule has 2 aromatic carbocycles. The summed E-state index contributed by atoms with van der Waals surface area (Å²) >= 11 is 12.3. The van der Waals surface area contributed by atoms with Gasteiger partial charge in [-0.25, -0.2) is 4.79 Å². The topological polar surface area (TPSA) is 64.6 Å². The summed E-state index contributed by atoms with van der Waals surface area (Å²) in [7, 11) is 2.68. The van der Waals surface area contributed by atoms with Crippen LogP contribution >= 0.6 is 23.2 Å². The van der Waals surface area contributed by atoms with Crippen molar-refractivity contribution >= 4 is 35.1 Å². The number of nitrogens with one attached hydrogen (secondary N) is 1. The number of halogens is 2. The lowest BCUT2D eigenvalue weighted by atomic mass is 10.0. The minimum absolute atomic E-state index is 0.0993. The molecular weight excluding hydrogens is 377 g/mol. The van der Waals surface area contributed by atoms with E-state index in [1.54, 1.807) is 42.5 Å². The Morgan fingerprint density at radius 3 is 2.15 bits per heavy atom. The Morgan fingerprint density at radius 1 is 1.00 bits per heavy atom. The van der Waals surface area contributed by atoms with E-state index in [1.807, 2.05) is 6.07 Å². The number of rotatable bonds is 7. The first-order valence-electron chi connectivity index (χ1n) is 7.86. The summed E-state index contributed by atoms with van der Waals surface area (Å²) in [4.78, 5) is 24.8. The maximum atomic E-state index is 12.7. The minimum Gasteiger partial charge on any atom is -0.467 e. The number of hydrogen-bond donors (Lipinski definition) is 1. The van der Waals surface area contributed by atoms with Gasteiger partial charge in [-0.3, -0.25) is 4.79 Å². The minimum atomic E-state index is -0.953.